The van der Waals surface area contributed by atoms with Crippen molar-refractivity contribution in [1.82, 2.24) is 19.7 Å². The topological polar surface area (TPSA) is 56.7 Å². The summed E-state index contributed by atoms with van der Waals surface area (Å²) in [7, 11) is 0. The molecule has 0 saturated heterocycles. The van der Waals surface area contributed by atoms with Gasteiger partial charge in [0.1, 0.15) is 12.4 Å². The lowest BCUT2D eigenvalue weighted by Gasteiger charge is -2.12. The maximum absolute atomic E-state index is 14.0. The first-order chi connectivity index (χ1) is 13.2. The van der Waals surface area contributed by atoms with Crippen LogP contribution in [0.25, 0.3) is 22.5 Å². The minimum Gasteiger partial charge on any atom is -0.337 e. The molecule has 0 bridgehead atoms. The Morgan fingerprint density at radius 1 is 1.11 bits per heavy atom. The molecule has 6 heteroatoms. The number of aryl methyl sites for hydroxylation is 2. The Bertz CT molecular complexity index is 1070. The second kappa shape index (κ2) is 7.15. The van der Waals surface area contributed by atoms with Gasteiger partial charge in [0.25, 0.3) is 0 Å². The van der Waals surface area contributed by atoms with E-state index in [4.69, 9.17) is 4.52 Å². The smallest absolute Gasteiger partial charge is 0.246 e. The van der Waals surface area contributed by atoms with Crippen molar-refractivity contribution in [2.75, 3.05) is 0 Å². The lowest BCUT2D eigenvalue weighted by molar-refractivity contribution is 0.367. The Kier molecular flexibility index (Phi) is 4.54. The molecule has 0 spiro atoms. The first-order valence-electron chi connectivity index (χ1n) is 8.84. The van der Waals surface area contributed by atoms with Gasteiger partial charge in [0.15, 0.2) is 5.82 Å². The summed E-state index contributed by atoms with van der Waals surface area (Å²) in [6.07, 6.45) is 2.44. The van der Waals surface area contributed by atoms with Gasteiger partial charge >= 0.3 is 0 Å². The number of imidazole rings is 1. The fourth-order valence-corrected chi connectivity index (χ4v) is 3.08. The predicted octanol–water partition coefficient (Wildman–Crippen LogP) is 4.66. The molecule has 2 heterocycles. The van der Waals surface area contributed by atoms with Crippen LogP contribution < -0.4 is 0 Å². The van der Waals surface area contributed by atoms with E-state index in [-0.39, 0.29) is 5.82 Å². The third-order valence-electron chi connectivity index (χ3n) is 4.47. The van der Waals surface area contributed by atoms with Gasteiger partial charge in [0.2, 0.25) is 5.89 Å². The third kappa shape index (κ3) is 3.38. The second-order valence-corrected chi connectivity index (χ2v) is 6.35. The summed E-state index contributed by atoms with van der Waals surface area (Å²) < 4.78 is 21.3. The molecule has 5 nitrogen and oxygen atoms in total. The molecule has 0 N–H and O–H groups in total. The number of hydrogen-bond acceptors (Lipinski definition) is 4. The number of aromatic nitrogens is 4. The molecule has 0 atom stereocenters. The Morgan fingerprint density at radius 2 is 1.93 bits per heavy atom. The largest absolute Gasteiger partial charge is 0.337 e. The number of halogens is 1. The van der Waals surface area contributed by atoms with Crippen molar-refractivity contribution in [1.29, 1.82) is 0 Å². The van der Waals surface area contributed by atoms with Crippen LogP contribution in [0.3, 0.4) is 0 Å². The first kappa shape index (κ1) is 17.1. The molecule has 0 fully saturated rings. The second-order valence-electron chi connectivity index (χ2n) is 6.35. The summed E-state index contributed by atoms with van der Waals surface area (Å²) in [4.78, 5) is 8.99. The van der Waals surface area contributed by atoms with E-state index in [1.54, 1.807) is 18.5 Å². The molecule has 2 aromatic carbocycles. The van der Waals surface area contributed by atoms with Gasteiger partial charge in [-0.2, -0.15) is 4.98 Å². The van der Waals surface area contributed by atoms with Crippen LogP contribution in [0.5, 0.6) is 0 Å². The van der Waals surface area contributed by atoms with Crippen LogP contribution in [-0.4, -0.2) is 19.7 Å². The number of hydrogen-bond donors (Lipinski definition) is 0. The van der Waals surface area contributed by atoms with E-state index in [9.17, 15) is 4.39 Å². The van der Waals surface area contributed by atoms with E-state index in [1.165, 1.54) is 6.07 Å². The molecule has 0 aliphatic rings. The molecule has 0 amide bonds. The average Bonchev–Trinajstić information content (AvgIpc) is 3.32. The number of nitrogens with zero attached hydrogens (tertiary/aromatic N) is 4. The fourth-order valence-electron chi connectivity index (χ4n) is 3.08. The Balaban J connectivity index is 1.86. The zero-order valence-corrected chi connectivity index (χ0v) is 15.2. The molecular weight excluding hydrogens is 343 g/mol. The number of benzene rings is 2. The first-order valence-corrected chi connectivity index (χ1v) is 8.84. The molecule has 0 aliphatic heterocycles. The lowest BCUT2D eigenvalue weighted by Crippen LogP contribution is -2.03. The molecular formula is C21H19FN4O. The van der Waals surface area contributed by atoms with Gasteiger partial charge in [0.05, 0.1) is 17.7 Å². The van der Waals surface area contributed by atoms with Gasteiger partial charge in [-0.1, -0.05) is 48.5 Å². The standard InChI is InChI=1S/C21H19FN4O/c1-3-18-24-19(27-25-18)12-26-13-23-20(15-7-5-4-6-8-15)21(26)17-11-16(22)10-9-14(17)2/h4-11,13H,3,12H2,1-2H3. The van der Waals surface area contributed by atoms with Crippen LogP contribution in [0.15, 0.2) is 59.4 Å². The highest BCUT2D eigenvalue weighted by molar-refractivity contribution is 5.80. The zero-order chi connectivity index (χ0) is 18.8. The highest BCUT2D eigenvalue weighted by atomic mass is 19.1. The van der Waals surface area contributed by atoms with Gasteiger partial charge < -0.3 is 9.09 Å². The van der Waals surface area contributed by atoms with Crippen LogP contribution >= 0.6 is 0 Å². The van der Waals surface area contributed by atoms with Crippen LogP contribution in [0.4, 0.5) is 4.39 Å². The van der Waals surface area contributed by atoms with Gasteiger partial charge in [-0.05, 0) is 24.6 Å². The summed E-state index contributed by atoms with van der Waals surface area (Å²) in [5.74, 6) is 0.879. The summed E-state index contributed by atoms with van der Waals surface area (Å²) in [6.45, 7) is 4.31. The maximum atomic E-state index is 14.0. The van der Waals surface area contributed by atoms with E-state index < -0.39 is 0 Å². The van der Waals surface area contributed by atoms with Crippen molar-refractivity contribution in [2.45, 2.75) is 26.8 Å². The molecule has 0 unspecified atom stereocenters. The van der Waals surface area contributed by atoms with Gasteiger partial charge in [0, 0.05) is 17.5 Å². The molecule has 4 rings (SSSR count). The molecule has 0 aliphatic carbocycles. The maximum Gasteiger partial charge on any atom is 0.246 e. The summed E-state index contributed by atoms with van der Waals surface area (Å²) >= 11 is 0. The van der Waals surface area contributed by atoms with Gasteiger partial charge in [-0.15, -0.1) is 0 Å². The van der Waals surface area contributed by atoms with Crippen molar-refractivity contribution in [3.63, 3.8) is 0 Å². The Hall–Kier alpha value is -3.28. The highest BCUT2D eigenvalue weighted by Crippen LogP contribution is 2.34. The Labute approximate surface area is 156 Å². The number of rotatable bonds is 5. The van der Waals surface area contributed by atoms with Gasteiger partial charge in [-0.3, -0.25) is 0 Å². The molecule has 2 aromatic heterocycles. The van der Waals surface area contributed by atoms with E-state index >= 15 is 0 Å². The quantitative estimate of drug-likeness (QED) is 0.518. The monoisotopic (exact) mass is 362 g/mol. The molecule has 0 radical (unpaired) electrons. The van der Waals surface area contributed by atoms with E-state index in [2.05, 4.69) is 15.1 Å². The van der Waals surface area contributed by atoms with Crippen LogP contribution in [-0.2, 0) is 13.0 Å². The van der Waals surface area contributed by atoms with Gasteiger partial charge in [-0.25, -0.2) is 9.37 Å². The van der Waals surface area contributed by atoms with Crippen molar-refractivity contribution in [2.24, 2.45) is 0 Å². The molecule has 0 saturated carbocycles. The molecule has 27 heavy (non-hydrogen) atoms. The molecule has 4 aromatic rings. The highest BCUT2D eigenvalue weighted by Gasteiger charge is 2.19. The van der Waals surface area contributed by atoms with Crippen LogP contribution in [0, 0.1) is 12.7 Å². The van der Waals surface area contributed by atoms with Crippen molar-refractivity contribution in [3.05, 3.63) is 78.0 Å². The average molecular weight is 362 g/mol. The summed E-state index contributed by atoms with van der Waals surface area (Å²) in [5, 5.41) is 3.95. The zero-order valence-electron chi connectivity index (χ0n) is 15.2. The molecule has 136 valence electrons. The summed E-state index contributed by atoms with van der Waals surface area (Å²) in [5.41, 5.74) is 4.35. The van der Waals surface area contributed by atoms with Crippen LogP contribution in [0.1, 0.15) is 24.2 Å². The SMILES string of the molecule is CCc1noc(Cn2cnc(-c3ccccc3)c2-c2cc(F)ccc2C)n1. The van der Waals surface area contributed by atoms with Crippen molar-refractivity contribution >= 4 is 0 Å². The lowest BCUT2D eigenvalue weighted by atomic mass is 10.0. The van der Waals surface area contributed by atoms with E-state index in [1.807, 2.05) is 48.7 Å². The van der Waals surface area contributed by atoms with E-state index in [0.717, 1.165) is 28.1 Å². The Morgan fingerprint density at radius 3 is 2.67 bits per heavy atom. The van der Waals surface area contributed by atoms with Crippen molar-refractivity contribution < 1.29 is 8.91 Å². The normalized spacial score (nSPS) is 11.1. The van der Waals surface area contributed by atoms with Crippen LogP contribution in [0.2, 0.25) is 0 Å². The fraction of sp³-hybridized carbons (Fsp3) is 0.190. The van der Waals surface area contributed by atoms with Crippen molar-refractivity contribution in [3.8, 4) is 22.5 Å². The summed E-state index contributed by atoms with van der Waals surface area (Å²) in [6, 6.07) is 14.6. The minimum absolute atomic E-state index is 0.284. The van der Waals surface area contributed by atoms with E-state index in [0.29, 0.717) is 24.7 Å². The third-order valence-corrected chi connectivity index (χ3v) is 4.47. The predicted molar refractivity (Wildman–Crippen MR) is 101 cm³/mol. The minimum atomic E-state index is -0.284.